The molecule has 4 radical (unpaired) electrons. The molecule has 5 aromatic rings. The van der Waals surface area contributed by atoms with Gasteiger partial charge in [-0.25, -0.2) is 24.3 Å². The molecule has 6 rings (SSSR count). The topological polar surface area (TPSA) is 25.8 Å². The molecule has 0 unspecified atom stereocenters. The van der Waals surface area contributed by atoms with E-state index in [-0.39, 0.29) is 55.9 Å². The molecule has 16 heteroatoms. The molecule has 0 bridgehead atoms. The van der Waals surface area contributed by atoms with Gasteiger partial charge in [0.2, 0.25) is 0 Å². The number of hydrogen-bond donors (Lipinski definition) is 0. The maximum absolute atomic E-state index is 10.7. The number of halogens is 6. The molecule has 1 saturated carbocycles. The van der Waals surface area contributed by atoms with Crippen LogP contribution in [0.5, 0.6) is 0 Å². The molecule has 3 aromatic carbocycles. The van der Waals surface area contributed by atoms with Gasteiger partial charge in [-0.15, -0.1) is 11.5 Å². The van der Waals surface area contributed by atoms with Gasteiger partial charge in [0.15, 0.2) is 0 Å². The minimum Gasteiger partial charge on any atom is -0.701 e. The van der Waals surface area contributed by atoms with Gasteiger partial charge in [0.25, 0.3) is 0 Å². The molecule has 0 N–H and O–H groups in total. The van der Waals surface area contributed by atoms with Crippen molar-refractivity contribution < 1.29 is 81.0 Å². The normalized spacial score (nSPS) is 12.9. The second kappa shape index (κ2) is 30.1. The van der Waals surface area contributed by atoms with Crippen molar-refractivity contribution in [3.05, 3.63) is 177 Å². The summed E-state index contributed by atoms with van der Waals surface area (Å²) in [5.41, 5.74) is 10.2. The Balaban J connectivity index is -0.000000347. The van der Waals surface area contributed by atoms with Crippen molar-refractivity contribution >= 4 is 45.3 Å². The zero-order chi connectivity index (χ0) is 47.1. The Morgan fingerprint density at radius 1 is 0.594 bits per heavy atom. The predicted molar refractivity (Wildman–Crippen MR) is 261 cm³/mol. The monoisotopic (exact) mass is 1090 g/mol. The second-order valence-electron chi connectivity index (χ2n) is 17.6. The van der Waals surface area contributed by atoms with Crippen LogP contribution in [-0.2, 0) is 55.9 Å². The molecule has 1 fully saturated rings. The number of aromatic nitrogens is 2. The fourth-order valence-corrected chi connectivity index (χ4v) is 6.19. The van der Waals surface area contributed by atoms with Crippen molar-refractivity contribution in [2.24, 2.45) is 0 Å². The third-order valence-electron chi connectivity index (χ3n) is 7.07. The Labute approximate surface area is 422 Å². The summed E-state index contributed by atoms with van der Waals surface area (Å²) in [4.78, 5) is 8.65. The van der Waals surface area contributed by atoms with E-state index in [0.29, 0.717) is 0 Å². The van der Waals surface area contributed by atoms with E-state index in [1.54, 1.807) is 23.1 Å². The van der Waals surface area contributed by atoms with Crippen LogP contribution >= 0.6 is 7.81 Å². The summed E-state index contributed by atoms with van der Waals surface area (Å²) >= 11 is 0. The largest absolute Gasteiger partial charge is 2.00 e. The van der Waals surface area contributed by atoms with Crippen molar-refractivity contribution in [1.82, 2.24) is 9.97 Å². The molecule has 0 aliphatic heterocycles. The molecular formula is C48H60CuF6FeN2PSi4Ti-4. The maximum atomic E-state index is 9.87. The molecule has 1 aliphatic rings. The molecule has 64 heavy (non-hydrogen) atoms. The summed E-state index contributed by atoms with van der Waals surface area (Å²) in [6, 6.07) is 36.3. The van der Waals surface area contributed by atoms with Crippen LogP contribution in [0.15, 0.2) is 122 Å². The van der Waals surface area contributed by atoms with Crippen LogP contribution in [0.25, 0.3) is 11.4 Å². The molecule has 0 saturated heterocycles. The first-order valence-corrected chi connectivity index (χ1v) is 35.4. The molecule has 2 nitrogen and oxygen atoms in total. The van der Waals surface area contributed by atoms with Crippen LogP contribution in [0.3, 0.4) is 0 Å². The molecular weight excluding hydrogens is 1030 g/mol. The summed E-state index contributed by atoms with van der Waals surface area (Å²) in [5.74, 6) is 6.19. The molecule has 0 amide bonds. The number of rotatable bonds is 3. The zero-order valence-electron chi connectivity index (χ0n) is 38.6. The third kappa shape index (κ3) is 43.5. The van der Waals surface area contributed by atoms with E-state index in [9.17, 15) is 25.2 Å². The first kappa shape index (κ1) is 68.2. The van der Waals surface area contributed by atoms with Crippen LogP contribution in [0.2, 0.25) is 78.6 Å². The van der Waals surface area contributed by atoms with Gasteiger partial charge >= 0.3 is 71.8 Å². The standard InChI is InChI=1S/C17H11N2.2C8H13Si.2C5H9Si.C5H5.Cu.F6P.Fe.Ti/c1-2-6-14(5-1)8-9-15-10-11-17(19-13-15)16-7-3-4-12-18-16;2*1-9(2,3)8-6-4-5-7-8;2*1-5-6(2,3)4;1-2-4-5-3-1;;1-7(2,3,4,5)6;;/h1-7,10-13H;2*4-7H,1-3H3;2*2-4H3;1-5H;;;;/q6*-1;+1;-1;;+2. The van der Waals surface area contributed by atoms with Crippen molar-refractivity contribution in [3.63, 3.8) is 0 Å². The molecule has 0 atom stereocenters. The second-order valence-corrected chi connectivity index (χ2v) is 39.2. The van der Waals surface area contributed by atoms with Crippen LogP contribution in [0.4, 0.5) is 25.2 Å². The average Bonchev–Trinajstić information content (AvgIpc) is 3.99. The summed E-state index contributed by atoms with van der Waals surface area (Å²) in [6.45, 7) is 26.7. The van der Waals surface area contributed by atoms with Crippen molar-refractivity contribution in [3.8, 4) is 34.3 Å². The minimum absolute atomic E-state index is 0. The third-order valence-corrected chi connectivity index (χ3v) is 12.7. The van der Waals surface area contributed by atoms with Crippen molar-refractivity contribution in [1.29, 1.82) is 0 Å². The van der Waals surface area contributed by atoms with E-state index in [0.717, 1.165) is 22.5 Å². The van der Waals surface area contributed by atoms with E-state index in [1.165, 1.54) is 0 Å². The van der Waals surface area contributed by atoms with Gasteiger partial charge in [0.1, 0.15) is 0 Å². The first-order chi connectivity index (χ1) is 27.7. The SMILES string of the molecule is C(#Cc1ccc(-c2ccccn2)nc1)c1cc[cH-]c1.C[Si](C)(C)[C]1[CH][CH][CH-][CH]1.C[Si](C)(C)c1ccc[cH-]1.F[P-](F)(F)(F)(F)F.[C-]#C[Si](C)(C)C.[C-]#C[Si](C)(C)C.[Cu+].[Fe].[Ti+2].c1cc[cH-]c1. The summed E-state index contributed by atoms with van der Waals surface area (Å²) < 4.78 is 59.2. The van der Waals surface area contributed by atoms with Gasteiger partial charge in [0.05, 0.1) is 35.6 Å². The van der Waals surface area contributed by atoms with Crippen LogP contribution < -0.4 is 5.19 Å². The van der Waals surface area contributed by atoms with Crippen molar-refractivity contribution in [2.75, 3.05) is 0 Å². The van der Waals surface area contributed by atoms with Gasteiger partial charge < -0.3 is 30.4 Å². The van der Waals surface area contributed by atoms with E-state index in [2.05, 4.69) is 161 Å². The Bertz CT molecular complexity index is 1990. The Morgan fingerprint density at radius 2 is 1.11 bits per heavy atom. The Hall–Kier alpha value is -2.34. The van der Waals surface area contributed by atoms with Crippen LogP contribution in [0.1, 0.15) is 11.1 Å². The quantitative estimate of drug-likeness (QED) is 0.0592. The Kier molecular flexibility index (Phi) is 32.1. The fraction of sp³-hybridized carbons (Fsp3) is 0.250. The van der Waals surface area contributed by atoms with E-state index in [1.807, 2.05) is 84.9 Å². The van der Waals surface area contributed by atoms with Gasteiger partial charge in [-0.05, 0) is 24.3 Å². The average molecular weight is 1090 g/mol. The van der Waals surface area contributed by atoms with E-state index >= 15 is 0 Å². The molecule has 2 heterocycles. The number of nitrogens with zero attached hydrogens (tertiary/aromatic N) is 2. The molecule has 352 valence electrons. The first-order valence-electron chi connectivity index (χ1n) is 19.4. The van der Waals surface area contributed by atoms with Gasteiger partial charge in [-0.2, -0.15) is 72.6 Å². The van der Waals surface area contributed by atoms with Gasteiger partial charge in [-0.3, -0.25) is 9.97 Å². The van der Waals surface area contributed by atoms with Gasteiger partial charge in [0, 0.05) is 43.1 Å². The fourth-order valence-electron chi connectivity index (χ4n) is 3.80. The van der Waals surface area contributed by atoms with E-state index < -0.39 is 40.1 Å². The summed E-state index contributed by atoms with van der Waals surface area (Å²) in [6.07, 6.45) is 25.6. The van der Waals surface area contributed by atoms with Crippen LogP contribution in [-0.4, -0.2) is 42.3 Å². The smallest absolute Gasteiger partial charge is 0.701 e. The predicted octanol–water partition coefficient (Wildman–Crippen LogP) is 15.2. The molecule has 2 aromatic heterocycles. The molecule has 1 aliphatic carbocycles. The summed E-state index contributed by atoms with van der Waals surface area (Å²) in [5, 5.41) is 1.56. The number of hydrogen-bond acceptors (Lipinski definition) is 2. The van der Waals surface area contributed by atoms with Gasteiger partial charge in [-0.1, -0.05) is 103 Å². The van der Waals surface area contributed by atoms with Crippen LogP contribution in [0, 0.1) is 67.0 Å². The molecule has 0 spiro atoms. The zero-order valence-corrected chi connectivity index (χ0v) is 47.1. The number of pyridine rings is 2. The Morgan fingerprint density at radius 3 is 1.39 bits per heavy atom. The van der Waals surface area contributed by atoms with E-state index in [4.69, 9.17) is 12.8 Å². The summed E-state index contributed by atoms with van der Waals surface area (Å²) in [7, 11) is -15.0. The maximum Gasteiger partial charge on any atom is 2.00 e. The minimum atomic E-state index is -10.7. The van der Waals surface area contributed by atoms with Crippen molar-refractivity contribution in [2.45, 2.75) is 78.6 Å².